The van der Waals surface area contributed by atoms with Gasteiger partial charge >= 0.3 is 0 Å². The summed E-state index contributed by atoms with van der Waals surface area (Å²) < 4.78 is 14.2. The van der Waals surface area contributed by atoms with Crippen molar-refractivity contribution in [2.24, 2.45) is 7.05 Å². The molecule has 0 aliphatic rings. The van der Waals surface area contributed by atoms with Crippen LogP contribution in [0, 0.1) is 6.92 Å². The molecule has 3 rings (SSSR count). The van der Waals surface area contributed by atoms with Crippen LogP contribution in [-0.2, 0) is 11.8 Å². The van der Waals surface area contributed by atoms with Gasteiger partial charge in [-0.15, -0.1) is 0 Å². The van der Waals surface area contributed by atoms with Crippen molar-refractivity contribution < 1.29 is 19.1 Å². The highest BCUT2D eigenvalue weighted by molar-refractivity contribution is 5.92. The zero-order valence-corrected chi connectivity index (χ0v) is 17.0. The molecule has 8 heteroatoms. The fraction of sp³-hybridized carbons (Fsp3) is 0.227. The fourth-order valence-corrected chi connectivity index (χ4v) is 3.02. The zero-order valence-electron chi connectivity index (χ0n) is 17.0. The molecule has 156 valence electrons. The maximum atomic E-state index is 12.9. The van der Waals surface area contributed by atoms with Crippen molar-refractivity contribution >= 4 is 17.9 Å². The molecule has 0 aliphatic heterocycles. The van der Waals surface area contributed by atoms with Gasteiger partial charge in [0.05, 0.1) is 18.0 Å². The molecule has 0 saturated carbocycles. The van der Waals surface area contributed by atoms with Crippen LogP contribution in [-0.4, -0.2) is 34.8 Å². The van der Waals surface area contributed by atoms with E-state index >= 15 is 0 Å². The first-order valence-corrected chi connectivity index (χ1v) is 9.45. The molecule has 1 aromatic heterocycles. The predicted octanol–water partition coefficient (Wildman–Crippen LogP) is 2.71. The highest BCUT2D eigenvalue weighted by Gasteiger charge is 2.18. The van der Waals surface area contributed by atoms with Gasteiger partial charge in [-0.25, -0.2) is 4.68 Å². The highest BCUT2D eigenvalue weighted by Crippen LogP contribution is 2.28. The number of carbonyl (C=O) groups is 2. The Morgan fingerprint density at radius 2 is 1.83 bits per heavy atom. The number of nitrogens with zero attached hydrogens (tertiary/aromatic N) is 2. The average molecular weight is 409 g/mol. The molecule has 30 heavy (non-hydrogen) atoms. The Bertz CT molecular complexity index is 1120. The third-order valence-corrected chi connectivity index (χ3v) is 4.58. The van der Waals surface area contributed by atoms with E-state index < -0.39 is 5.91 Å². The van der Waals surface area contributed by atoms with Crippen LogP contribution in [0.5, 0.6) is 11.5 Å². The lowest BCUT2D eigenvalue weighted by molar-refractivity contribution is -0.118. The summed E-state index contributed by atoms with van der Waals surface area (Å²) in [6, 6.07) is 13.8. The molecule has 8 nitrogen and oxygen atoms in total. The summed E-state index contributed by atoms with van der Waals surface area (Å²) in [5.74, 6) is 0.226. The van der Waals surface area contributed by atoms with E-state index in [1.807, 2.05) is 30.3 Å². The predicted molar refractivity (Wildman–Crippen MR) is 113 cm³/mol. The van der Waals surface area contributed by atoms with Crippen LogP contribution in [0.25, 0.3) is 5.69 Å². The summed E-state index contributed by atoms with van der Waals surface area (Å²) in [7, 11) is 1.75. The Kier molecular flexibility index (Phi) is 6.36. The van der Waals surface area contributed by atoms with E-state index in [0.29, 0.717) is 41.3 Å². The third kappa shape index (κ3) is 4.27. The van der Waals surface area contributed by atoms with Gasteiger partial charge < -0.3 is 14.8 Å². The number of aldehydes is 1. The molecule has 1 amide bonds. The number of benzene rings is 2. The van der Waals surface area contributed by atoms with Crippen molar-refractivity contribution in [3.05, 3.63) is 70.1 Å². The summed E-state index contributed by atoms with van der Waals surface area (Å²) in [5.41, 5.74) is 1.61. The second-order valence-corrected chi connectivity index (χ2v) is 6.53. The Morgan fingerprint density at radius 3 is 2.50 bits per heavy atom. The molecule has 0 unspecified atom stereocenters. The maximum Gasteiger partial charge on any atom is 0.295 e. The van der Waals surface area contributed by atoms with E-state index in [4.69, 9.17) is 9.47 Å². The second kappa shape index (κ2) is 9.13. The largest absolute Gasteiger partial charge is 0.490 e. The van der Waals surface area contributed by atoms with Gasteiger partial charge in [0.25, 0.3) is 11.5 Å². The normalized spacial score (nSPS) is 10.5. The van der Waals surface area contributed by atoms with Crippen molar-refractivity contribution in [2.45, 2.75) is 13.8 Å². The SMILES string of the molecule is CCOc1cc(C=O)ccc1OCC(=O)Nc1c(C)n(C)n(-c2ccccc2)c1=O. The summed E-state index contributed by atoms with van der Waals surface area (Å²) in [6.45, 7) is 3.62. The fourth-order valence-electron chi connectivity index (χ4n) is 3.02. The van der Waals surface area contributed by atoms with E-state index in [1.165, 1.54) is 4.68 Å². The second-order valence-electron chi connectivity index (χ2n) is 6.53. The first-order chi connectivity index (χ1) is 14.5. The van der Waals surface area contributed by atoms with Crippen LogP contribution in [0.1, 0.15) is 23.0 Å². The Balaban J connectivity index is 1.76. The van der Waals surface area contributed by atoms with Crippen LogP contribution >= 0.6 is 0 Å². The van der Waals surface area contributed by atoms with Gasteiger partial charge in [-0.3, -0.25) is 19.1 Å². The number of carbonyl (C=O) groups excluding carboxylic acids is 2. The highest BCUT2D eigenvalue weighted by atomic mass is 16.5. The molecule has 0 saturated heterocycles. The first kappa shape index (κ1) is 20.9. The van der Waals surface area contributed by atoms with Gasteiger partial charge in [0.2, 0.25) is 0 Å². The Hall–Kier alpha value is -3.81. The van der Waals surface area contributed by atoms with Gasteiger partial charge in [0, 0.05) is 12.6 Å². The summed E-state index contributed by atoms with van der Waals surface area (Å²) in [6.07, 6.45) is 0.703. The number of para-hydroxylation sites is 1. The lowest BCUT2D eigenvalue weighted by Crippen LogP contribution is -2.25. The van der Waals surface area contributed by atoms with Gasteiger partial charge in [0.15, 0.2) is 18.1 Å². The number of hydrogen-bond donors (Lipinski definition) is 1. The average Bonchev–Trinajstić information content (AvgIpc) is 2.96. The summed E-state index contributed by atoms with van der Waals surface area (Å²) in [5, 5.41) is 2.64. The molecule has 0 aliphatic carbocycles. The minimum atomic E-state index is -0.483. The number of hydrogen-bond acceptors (Lipinski definition) is 5. The first-order valence-electron chi connectivity index (χ1n) is 9.45. The van der Waals surface area contributed by atoms with Crippen molar-refractivity contribution in [3.8, 4) is 17.2 Å². The van der Waals surface area contributed by atoms with Crippen LogP contribution in [0.2, 0.25) is 0 Å². The lowest BCUT2D eigenvalue weighted by atomic mass is 10.2. The van der Waals surface area contributed by atoms with Crippen LogP contribution in [0.3, 0.4) is 0 Å². The maximum absolute atomic E-state index is 12.9. The van der Waals surface area contributed by atoms with E-state index in [9.17, 15) is 14.4 Å². The minimum absolute atomic E-state index is 0.191. The number of amides is 1. The molecule has 1 heterocycles. The quantitative estimate of drug-likeness (QED) is 0.578. The van der Waals surface area contributed by atoms with Gasteiger partial charge in [0.1, 0.15) is 12.0 Å². The van der Waals surface area contributed by atoms with E-state index in [-0.39, 0.29) is 17.9 Å². The van der Waals surface area contributed by atoms with Crippen LogP contribution in [0.15, 0.2) is 53.3 Å². The minimum Gasteiger partial charge on any atom is -0.490 e. The molecule has 0 bridgehead atoms. The monoisotopic (exact) mass is 409 g/mol. The number of aromatic nitrogens is 2. The van der Waals surface area contributed by atoms with Crippen molar-refractivity contribution in [1.82, 2.24) is 9.36 Å². The van der Waals surface area contributed by atoms with Crippen molar-refractivity contribution in [3.63, 3.8) is 0 Å². The van der Waals surface area contributed by atoms with Crippen molar-refractivity contribution in [2.75, 3.05) is 18.5 Å². The molecule has 0 fully saturated rings. The van der Waals surface area contributed by atoms with E-state index in [2.05, 4.69) is 5.32 Å². The summed E-state index contributed by atoms with van der Waals surface area (Å²) in [4.78, 5) is 36.3. The van der Waals surface area contributed by atoms with Gasteiger partial charge in [-0.05, 0) is 44.2 Å². The number of rotatable bonds is 8. The molecular weight excluding hydrogens is 386 g/mol. The number of anilines is 1. The Labute approximate surface area is 173 Å². The third-order valence-electron chi connectivity index (χ3n) is 4.58. The smallest absolute Gasteiger partial charge is 0.295 e. The molecule has 0 spiro atoms. The molecule has 1 N–H and O–H groups in total. The van der Waals surface area contributed by atoms with E-state index in [0.717, 1.165) is 0 Å². The summed E-state index contributed by atoms with van der Waals surface area (Å²) >= 11 is 0. The molecule has 0 atom stereocenters. The molecule has 2 aromatic carbocycles. The molecular formula is C22H23N3O5. The van der Waals surface area contributed by atoms with Crippen LogP contribution in [0.4, 0.5) is 5.69 Å². The molecule has 3 aromatic rings. The van der Waals surface area contributed by atoms with E-state index in [1.54, 1.807) is 43.8 Å². The van der Waals surface area contributed by atoms with Crippen LogP contribution < -0.4 is 20.3 Å². The molecule has 0 radical (unpaired) electrons. The Morgan fingerprint density at radius 1 is 1.10 bits per heavy atom. The van der Waals surface area contributed by atoms with Crippen molar-refractivity contribution in [1.29, 1.82) is 0 Å². The zero-order chi connectivity index (χ0) is 21.7. The topological polar surface area (TPSA) is 91.6 Å². The van der Waals surface area contributed by atoms with Gasteiger partial charge in [-0.1, -0.05) is 18.2 Å². The number of nitrogens with one attached hydrogen (secondary N) is 1. The standard InChI is InChI=1S/C22H23N3O5/c1-4-29-19-12-16(13-26)10-11-18(19)30-14-20(27)23-21-15(2)24(3)25(22(21)28)17-8-6-5-7-9-17/h5-13H,4,14H2,1-3H3,(H,23,27). The van der Waals surface area contributed by atoms with Gasteiger partial charge in [-0.2, -0.15) is 0 Å². The number of ether oxygens (including phenoxy) is 2. The lowest BCUT2D eigenvalue weighted by Gasteiger charge is -2.12.